The molecule has 3 aromatic carbocycles. The van der Waals surface area contributed by atoms with Crippen LogP contribution in [-0.2, 0) is 10.5 Å². The Kier molecular flexibility index (Phi) is 5.81. The molecule has 0 spiro atoms. The van der Waals surface area contributed by atoms with Crippen LogP contribution in [0.4, 0.5) is 0 Å². The van der Waals surface area contributed by atoms with E-state index in [0.29, 0.717) is 0 Å². The lowest BCUT2D eigenvalue weighted by molar-refractivity contribution is -0.118. The van der Waals surface area contributed by atoms with E-state index in [1.54, 1.807) is 0 Å². The number of alkyl halides is 1. The summed E-state index contributed by atoms with van der Waals surface area (Å²) in [6.45, 7) is 8.34. The maximum atomic E-state index is 6.83. The van der Waals surface area contributed by atoms with E-state index in [1.165, 1.54) is 11.1 Å². The van der Waals surface area contributed by atoms with Crippen molar-refractivity contribution >= 4 is 17.3 Å². The van der Waals surface area contributed by atoms with Crippen LogP contribution in [0, 0.1) is 19.8 Å². The van der Waals surface area contributed by atoms with Gasteiger partial charge in [-0.1, -0.05) is 96.9 Å². The van der Waals surface area contributed by atoms with Crippen molar-refractivity contribution in [3.05, 3.63) is 107 Å². The van der Waals surface area contributed by atoms with E-state index in [2.05, 4.69) is 93.6 Å². The molecule has 4 rings (SSSR count). The topological polar surface area (TPSA) is 21.6 Å². The maximum Gasteiger partial charge on any atom is 0.201 e. The molecule has 0 amide bonds. The van der Waals surface area contributed by atoms with Crippen LogP contribution in [0.3, 0.4) is 0 Å². The second-order valence-electron chi connectivity index (χ2n) is 8.28. The summed E-state index contributed by atoms with van der Waals surface area (Å²) >= 11 is 6.83. The standard InChI is InChI=1S/C27H28ClNO/c1-18-10-14-22(15-11-18)25-20(3)26(23-8-6-5-7-9-23)30-27(29-25,21(4)28)24-16-12-19(2)13-17-24/h5-17,20-21,26H,1-4H3/t20-,21?,26+,27-/m0/s1. The van der Waals surface area contributed by atoms with Crippen LogP contribution >= 0.6 is 11.6 Å². The monoisotopic (exact) mass is 417 g/mol. The molecular weight excluding hydrogens is 390 g/mol. The van der Waals surface area contributed by atoms with Crippen molar-refractivity contribution in [2.45, 2.75) is 44.9 Å². The van der Waals surface area contributed by atoms with Gasteiger partial charge in [0.15, 0.2) is 0 Å². The molecule has 1 unspecified atom stereocenters. The van der Waals surface area contributed by atoms with Gasteiger partial charge in [0.25, 0.3) is 0 Å². The molecular formula is C27H28ClNO. The van der Waals surface area contributed by atoms with Crippen molar-refractivity contribution in [2.24, 2.45) is 10.9 Å². The van der Waals surface area contributed by atoms with Crippen molar-refractivity contribution in [1.29, 1.82) is 0 Å². The minimum Gasteiger partial charge on any atom is -0.339 e. The predicted molar refractivity (Wildman–Crippen MR) is 125 cm³/mol. The van der Waals surface area contributed by atoms with E-state index in [-0.39, 0.29) is 17.4 Å². The second kappa shape index (κ2) is 8.37. The highest BCUT2D eigenvalue weighted by atomic mass is 35.5. The first-order chi connectivity index (χ1) is 14.4. The van der Waals surface area contributed by atoms with Gasteiger partial charge in [-0.2, -0.15) is 0 Å². The van der Waals surface area contributed by atoms with Crippen LogP contribution in [-0.4, -0.2) is 11.1 Å². The fourth-order valence-corrected chi connectivity index (χ4v) is 4.36. The summed E-state index contributed by atoms with van der Waals surface area (Å²) in [5, 5.41) is -0.348. The van der Waals surface area contributed by atoms with Crippen LogP contribution in [0.2, 0.25) is 0 Å². The first-order valence-corrected chi connectivity index (χ1v) is 10.9. The molecule has 154 valence electrons. The largest absolute Gasteiger partial charge is 0.339 e. The zero-order valence-corrected chi connectivity index (χ0v) is 18.7. The van der Waals surface area contributed by atoms with Gasteiger partial charge in [0.1, 0.15) is 0 Å². The molecule has 3 heteroatoms. The highest BCUT2D eigenvalue weighted by Crippen LogP contribution is 2.46. The van der Waals surface area contributed by atoms with Crippen LogP contribution in [0.5, 0.6) is 0 Å². The van der Waals surface area contributed by atoms with Crippen molar-refractivity contribution < 1.29 is 4.74 Å². The molecule has 0 fully saturated rings. The first kappa shape index (κ1) is 20.8. The molecule has 0 radical (unpaired) electrons. The summed E-state index contributed by atoms with van der Waals surface area (Å²) in [5.41, 5.74) is 5.74. The van der Waals surface area contributed by atoms with Gasteiger partial charge >= 0.3 is 0 Å². The first-order valence-electron chi connectivity index (χ1n) is 10.5. The Bertz CT molecular complexity index is 1020. The highest BCUT2D eigenvalue weighted by molar-refractivity contribution is 6.21. The number of ether oxygens (including phenoxy) is 1. The molecule has 0 bridgehead atoms. The quantitative estimate of drug-likeness (QED) is 0.419. The molecule has 0 N–H and O–H groups in total. The normalized spacial score (nSPS) is 24.9. The lowest BCUT2D eigenvalue weighted by Crippen LogP contribution is -2.45. The van der Waals surface area contributed by atoms with Crippen LogP contribution in [0.1, 0.15) is 47.8 Å². The summed E-state index contributed by atoms with van der Waals surface area (Å²) in [7, 11) is 0. The number of rotatable bonds is 4. The van der Waals surface area contributed by atoms with E-state index in [4.69, 9.17) is 21.3 Å². The molecule has 3 aromatic rings. The number of aliphatic imine (C=N–C) groups is 1. The zero-order valence-electron chi connectivity index (χ0n) is 18.0. The van der Waals surface area contributed by atoms with E-state index < -0.39 is 5.72 Å². The second-order valence-corrected chi connectivity index (χ2v) is 8.93. The summed E-state index contributed by atoms with van der Waals surface area (Å²) in [6, 6.07) is 27.3. The Hall–Kier alpha value is -2.42. The van der Waals surface area contributed by atoms with E-state index in [0.717, 1.165) is 22.4 Å². The van der Waals surface area contributed by atoms with Gasteiger partial charge in [-0.3, -0.25) is 0 Å². The molecule has 1 aliphatic rings. The minimum atomic E-state index is -0.956. The lowest BCUT2D eigenvalue weighted by atomic mass is 9.85. The lowest BCUT2D eigenvalue weighted by Gasteiger charge is -2.44. The van der Waals surface area contributed by atoms with Crippen molar-refractivity contribution in [2.75, 3.05) is 0 Å². The predicted octanol–water partition coefficient (Wildman–Crippen LogP) is 6.98. The molecule has 4 atom stereocenters. The SMILES string of the molecule is Cc1ccc(C2=N[C@@](c3ccc(C)cc3)(C(C)Cl)O[C@@H](c3ccccc3)[C@H]2C)cc1. The van der Waals surface area contributed by atoms with Crippen molar-refractivity contribution in [1.82, 2.24) is 0 Å². The molecule has 1 aliphatic heterocycles. The van der Waals surface area contributed by atoms with E-state index in [1.807, 2.05) is 13.0 Å². The molecule has 30 heavy (non-hydrogen) atoms. The van der Waals surface area contributed by atoms with E-state index >= 15 is 0 Å². The van der Waals surface area contributed by atoms with Crippen LogP contribution < -0.4 is 0 Å². The van der Waals surface area contributed by atoms with E-state index in [9.17, 15) is 0 Å². The Morgan fingerprint density at radius 1 is 0.867 bits per heavy atom. The Morgan fingerprint density at radius 3 is 2.00 bits per heavy atom. The van der Waals surface area contributed by atoms with Gasteiger partial charge in [-0.15, -0.1) is 11.6 Å². The average molecular weight is 418 g/mol. The van der Waals surface area contributed by atoms with Gasteiger partial charge in [0.05, 0.1) is 17.2 Å². The van der Waals surface area contributed by atoms with Crippen molar-refractivity contribution in [3.63, 3.8) is 0 Å². The molecule has 0 aliphatic carbocycles. The maximum absolute atomic E-state index is 6.83. The fraction of sp³-hybridized carbons (Fsp3) is 0.296. The fourth-order valence-electron chi connectivity index (χ4n) is 4.13. The van der Waals surface area contributed by atoms with Crippen LogP contribution in [0.25, 0.3) is 0 Å². The van der Waals surface area contributed by atoms with Crippen LogP contribution in [0.15, 0.2) is 83.9 Å². The van der Waals surface area contributed by atoms with Crippen molar-refractivity contribution in [3.8, 4) is 0 Å². The minimum absolute atomic E-state index is 0.0871. The number of halogens is 1. The third kappa shape index (κ3) is 3.82. The van der Waals surface area contributed by atoms with Gasteiger partial charge < -0.3 is 4.74 Å². The summed E-state index contributed by atoms with van der Waals surface area (Å²) < 4.78 is 6.82. The third-order valence-electron chi connectivity index (χ3n) is 5.96. The number of hydrogen-bond donors (Lipinski definition) is 0. The van der Waals surface area contributed by atoms with Gasteiger partial charge in [-0.05, 0) is 31.9 Å². The number of aryl methyl sites for hydroxylation is 2. The van der Waals surface area contributed by atoms with Gasteiger partial charge in [-0.25, -0.2) is 4.99 Å². The smallest absolute Gasteiger partial charge is 0.201 e. The Balaban J connectivity index is 1.92. The summed E-state index contributed by atoms with van der Waals surface area (Å²) in [4.78, 5) is 5.23. The number of hydrogen-bond acceptors (Lipinski definition) is 2. The molecule has 2 nitrogen and oxygen atoms in total. The third-order valence-corrected chi connectivity index (χ3v) is 6.25. The molecule has 0 aromatic heterocycles. The number of benzene rings is 3. The molecule has 0 saturated heterocycles. The summed E-state index contributed by atoms with van der Waals surface area (Å²) in [6.07, 6.45) is -0.150. The zero-order chi connectivity index (χ0) is 21.3. The van der Waals surface area contributed by atoms with Gasteiger partial charge in [0, 0.05) is 11.5 Å². The average Bonchev–Trinajstić information content (AvgIpc) is 2.76. The van der Waals surface area contributed by atoms with Gasteiger partial charge in [0.2, 0.25) is 5.72 Å². The summed E-state index contributed by atoms with van der Waals surface area (Å²) in [5.74, 6) is 0.0871. The Morgan fingerprint density at radius 2 is 1.43 bits per heavy atom. The molecule has 1 heterocycles. The Labute approximate surface area is 184 Å². The molecule has 0 saturated carbocycles. The number of nitrogens with zero attached hydrogens (tertiary/aromatic N) is 1. The highest BCUT2D eigenvalue weighted by Gasteiger charge is 2.47.